The van der Waals surface area contributed by atoms with E-state index < -0.39 is 6.10 Å². The van der Waals surface area contributed by atoms with Crippen LogP contribution in [0, 0.1) is 5.82 Å². The molecule has 0 radical (unpaired) electrons. The highest BCUT2D eigenvalue weighted by atomic mass is 19.1. The van der Waals surface area contributed by atoms with Gasteiger partial charge in [-0.05, 0) is 44.0 Å². The van der Waals surface area contributed by atoms with Gasteiger partial charge in [0.1, 0.15) is 11.5 Å². The van der Waals surface area contributed by atoms with E-state index in [-0.39, 0.29) is 30.4 Å². The summed E-state index contributed by atoms with van der Waals surface area (Å²) in [5.41, 5.74) is 1.18. The lowest BCUT2D eigenvalue weighted by Crippen LogP contribution is -2.32. The second-order valence-electron chi connectivity index (χ2n) is 6.19. The van der Waals surface area contributed by atoms with Crippen molar-refractivity contribution in [3.05, 3.63) is 53.6 Å². The predicted molar refractivity (Wildman–Crippen MR) is 83.4 cm³/mol. The molecule has 1 aromatic heterocycles. The van der Waals surface area contributed by atoms with E-state index in [2.05, 4.69) is 5.10 Å². The van der Waals surface area contributed by atoms with Crippen molar-refractivity contribution in [3.63, 3.8) is 0 Å². The largest absolute Gasteiger partial charge is 0.391 e. The van der Waals surface area contributed by atoms with E-state index in [1.807, 2.05) is 13.8 Å². The number of carbonyl (C=O) groups excluding carboxylic acids is 1. The standard InChI is InChI=1S/C17H20FN3O2/c1-11(2)21-8-7-15(19-21)17(23)20-10-14(22)9-16(20)12-3-5-13(18)6-4-12/h3-8,11,14,16,22H,9-10H2,1-2H3/t14-,16+/m0/s1. The normalized spacial score (nSPS) is 21.2. The van der Waals surface area contributed by atoms with E-state index in [9.17, 15) is 14.3 Å². The minimum atomic E-state index is -0.582. The van der Waals surface area contributed by atoms with Crippen molar-refractivity contribution in [2.75, 3.05) is 6.54 Å². The maximum atomic E-state index is 13.1. The van der Waals surface area contributed by atoms with Crippen LogP contribution in [0.5, 0.6) is 0 Å². The van der Waals surface area contributed by atoms with Gasteiger partial charge in [0.25, 0.3) is 5.91 Å². The van der Waals surface area contributed by atoms with Gasteiger partial charge >= 0.3 is 0 Å². The van der Waals surface area contributed by atoms with Crippen molar-refractivity contribution in [1.82, 2.24) is 14.7 Å². The summed E-state index contributed by atoms with van der Waals surface area (Å²) < 4.78 is 14.8. The SMILES string of the molecule is CC(C)n1ccc(C(=O)N2C[C@@H](O)C[C@@H]2c2ccc(F)cc2)n1. The zero-order valence-corrected chi connectivity index (χ0v) is 13.2. The molecular formula is C17H20FN3O2. The Balaban J connectivity index is 1.86. The van der Waals surface area contributed by atoms with Gasteiger partial charge in [-0.2, -0.15) is 5.10 Å². The van der Waals surface area contributed by atoms with E-state index in [0.717, 1.165) is 5.56 Å². The van der Waals surface area contributed by atoms with Crippen LogP contribution in [-0.2, 0) is 0 Å². The summed E-state index contributed by atoms with van der Waals surface area (Å²) in [4.78, 5) is 14.4. The second-order valence-corrected chi connectivity index (χ2v) is 6.19. The zero-order valence-electron chi connectivity index (χ0n) is 13.2. The van der Waals surface area contributed by atoms with Crippen LogP contribution < -0.4 is 0 Å². The van der Waals surface area contributed by atoms with Gasteiger partial charge in [-0.3, -0.25) is 9.48 Å². The quantitative estimate of drug-likeness (QED) is 0.946. The minimum absolute atomic E-state index is 0.175. The smallest absolute Gasteiger partial charge is 0.274 e. The van der Waals surface area contributed by atoms with E-state index in [1.54, 1.807) is 34.0 Å². The third-order valence-electron chi connectivity index (χ3n) is 4.15. The molecule has 6 heteroatoms. The highest BCUT2D eigenvalue weighted by molar-refractivity contribution is 5.92. The topological polar surface area (TPSA) is 58.4 Å². The number of aliphatic hydroxyl groups excluding tert-OH is 1. The molecule has 0 unspecified atom stereocenters. The number of likely N-dealkylation sites (tertiary alicyclic amines) is 1. The number of rotatable bonds is 3. The fourth-order valence-electron chi connectivity index (χ4n) is 2.93. The molecule has 0 spiro atoms. The van der Waals surface area contributed by atoms with Gasteiger partial charge in [0.15, 0.2) is 0 Å². The molecule has 1 N–H and O–H groups in total. The number of aliphatic hydroxyl groups is 1. The van der Waals surface area contributed by atoms with E-state index in [0.29, 0.717) is 12.1 Å². The summed E-state index contributed by atoms with van der Waals surface area (Å²) in [5, 5.41) is 14.3. The number of hydrogen-bond acceptors (Lipinski definition) is 3. The molecule has 0 saturated carbocycles. The molecule has 1 amide bonds. The Kier molecular flexibility index (Phi) is 4.17. The first-order valence-electron chi connectivity index (χ1n) is 7.75. The van der Waals surface area contributed by atoms with Crippen LogP contribution in [0.4, 0.5) is 4.39 Å². The fourth-order valence-corrected chi connectivity index (χ4v) is 2.93. The summed E-state index contributed by atoms with van der Waals surface area (Å²) in [6, 6.07) is 7.66. The van der Waals surface area contributed by atoms with Crippen LogP contribution in [0.2, 0.25) is 0 Å². The average molecular weight is 317 g/mol. The number of β-amino-alcohol motifs (C(OH)–C–C–N with tert-alkyl or cyclic N) is 1. The lowest BCUT2D eigenvalue weighted by molar-refractivity contribution is 0.0708. The fraction of sp³-hybridized carbons (Fsp3) is 0.412. The van der Waals surface area contributed by atoms with Gasteiger partial charge < -0.3 is 10.0 Å². The van der Waals surface area contributed by atoms with Crippen molar-refractivity contribution in [1.29, 1.82) is 0 Å². The Morgan fingerprint density at radius 2 is 2.00 bits per heavy atom. The van der Waals surface area contributed by atoms with Gasteiger partial charge in [0.05, 0.1) is 12.1 Å². The summed E-state index contributed by atoms with van der Waals surface area (Å²) in [5.74, 6) is -0.531. The average Bonchev–Trinajstić information content (AvgIpc) is 3.14. The Hall–Kier alpha value is -2.21. The number of hydrogen-bond donors (Lipinski definition) is 1. The number of aromatic nitrogens is 2. The van der Waals surface area contributed by atoms with Crippen LogP contribution in [0.1, 0.15) is 48.4 Å². The molecule has 0 bridgehead atoms. The van der Waals surface area contributed by atoms with Crippen LogP contribution in [-0.4, -0.2) is 38.3 Å². The van der Waals surface area contributed by atoms with Crippen LogP contribution in [0.15, 0.2) is 36.5 Å². The maximum absolute atomic E-state index is 13.1. The zero-order chi connectivity index (χ0) is 16.6. The molecular weight excluding hydrogens is 297 g/mol. The number of amides is 1. The lowest BCUT2D eigenvalue weighted by Gasteiger charge is -2.24. The molecule has 122 valence electrons. The van der Waals surface area contributed by atoms with E-state index in [4.69, 9.17) is 0 Å². The molecule has 5 nitrogen and oxygen atoms in total. The molecule has 1 aliphatic rings. The van der Waals surface area contributed by atoms with Gasteiger partial charge in [-0.1, -0.05) is 12.1 Å². The van der Waals surface area contributed by atoms with Crippen molar-refractivity contribution < 1.29 is 14.3 Å². The lowest BCUT2D eigenvalue weighted by atomic mass is 10.0. The molecule has 23 heavy (non-hydrogen) atoms. The maximum Gasteiger partial charge on any atom is 0.274 e. The number of nitrogens with zero attached hydrogens (tertiary/aromatic N) is 3. The summed E-state index contributed by atoms with van der Waals surface area (Å²) in [7, 11) is 0. The Morgan fingerprint density at radius 1 is 1.30 bits per heavy atom. The molecule has 0 aliphatic carbocycles. The minimum Gasteiger partial charge on any atom is -0.391 e. The van der Waals surface area contributed by atoms with Crippen molar-refractivity contribution >= 4 is 5.91 Å². The van der Waals surface area contributed by atoms with Crippen molar-refractivity contribution in [2.24, 2.45) is 0 Å². The molecule has 1 saturated heterocycles. The monoisotopic (exact) mass is 317 g/mol. The highest BCUT2D eigenvalue weighted by Gasteiger charge is 2.36. The third kappa shape index (κ3) is 3.12. The molecule has 3 rings (SSSR count). The predicted octanol–water partition coefficient (Wildman–Crippen LogP) is 2.55. The molecule has 2 atom stereocenters. The number of carbonyl (C=O) groups is 1. The first kappa shape index (κ1) is 15.7. The summed E-state index contributed by atoms with van der Waals surface area (Å²) >= 11 is 0. The molecule has 1 aromatic carbocycles. The molecule has 1 aliphatic heterocycles. The number of halogens is 1. The van der Waals surface area contributed by atoms with Crippen molar-refractivity contribution in [3.8, 4) is 0 Å². The van der Waals surface area contributed by atoms with Gasteiger partial charge in [0.2, 0.25) is 0 Å². The first-order chi connectivity index (χ1) is 11.0. The van der Waals surface area contributed by atoms with Crippen LogP contribution >= 0.6 is 0 Å². The van der Waals surface area contributed by atoms with Crippen molar-refractivity contribution in [2.45, 2.75) is 38.5 Å². The first-order valence-corrected chi connectivity index (χ1v) is 7.75. The van der Waals surface area contributed by atoms with Gasteiger partial charge in [0, 0.05) is 18.8 Å². The van der Waals surface area contributed by atoms with Gasteiger partial charge in [-0.15, -0.1) is 0 Å². The Bertz CT molecular complexity index is 696. The Labute approximate surface area is 134 Å². The van der Waals surface area contributed by atoms with E-state index >= 15 is 0 Å². The highest BCUT2D eigenvalue weighted by Crippen LogP contribution is 2.33. The second kappa shape index (κ2) is 6.12. The summed E-state index contributed by atoms with van der Waals surface area (Å²) in [6.07, 6.45) is 1.64. The Morgan fingerprint density at radius 3 is 2.61 bits per heavy atom. The number of benzene rings is 1. The van der Waals surface area contributed by atoms with E-state index in [1.165, 1.54) is 12.1 Å². The molecule has 2 heterocycles. The third-order valence-corrected chi connectivity index (χ3v) is 4.15. The summed E-state index contributed by atoms with van der Waals surface area (Å²) in [6.45, 7) is 4.24. The van der Waals surface area contributed by atoms with Crippen LogP contribution in [0.3, 0.4) is 0 Å². The molecule has 2 aromatic rings. The van der Waals surface area contributed by atoms with Gasteiger partial charge in [-0.25, -0.2) is 4.39 Å². The molecule has 1 fully saturated rings. The van der Waals surface area contributed by atoms with Crippen LogP contribution in [0.25, 0.3) is 0 Å².